The molecule has 0 saturated heterocycles. The summed E-state index contributed by atoms with van der Waals surface area (Å²) in [6, 6.07) is 4.29. The molecule has 1 aromatic rings. The minimum atomic E-state index is -0.444. The van der Waals surface area contributed by atoms with Gasteiger partial charge < -0.3 is 11.1 Å². The summed E-state index contributed by atoms with van der Waals surface area (Å²) in [5, 5.41) is 2.93. The standard InChI is InChI=1S/C16H26N2O/c1-11-6-7-14(13(3)12(11)2)8-9-18-15(19)10-16(4,5)17/h6-7H,8-10,17H2,1-5H3,(H,18,19). The van der Waals surface area contributed by atoms with Gasteiger partial charge in [-0.3, -0.25) is 4.79 Å². The van der Waals surface area contributed by atoms with Crippen LogP contribution in [0.4, 0.5) is 0 Å². The molecule has 1 amide bonds. The molecule has 0 fully saturated rings. The van der Waals surface area contributed by atoms with Gasteiger partial charge in [0.25, 0.3) is 0 Å². The smallest absolute Gasteiger partial charge is 0.221 e. The monoisotopic (exact) mass is 262 g/mol. The van der Waals surface area contributed by atoms with E-state index < -0.39 is 5.54 Å². The van der Waals surface area contributed by atoms with E-state index in [1.165, 1.54) is 22.3 Å². The third-order valence-electron chi connectivity index (χ3n) is 3.50. The second-order valence-corrected chi connectivity index (χ2v) is 6.06. The van der Waals surface area contributed by atoms with Gasteiger partial charge in [0.05, 0.1) is 0 Å². The molecule has 106 valence electrons. The first kappa shape index (κ1) is 15.7. The number of amides is 1. The molecule has 3 nitrogen and oxygen atoms in total. The first-order valence-corrected chi connectivity index (χ1v) is 6.82. The van der Waals surface area contributed by atoms with Gasteiger partial charge in [-0.15, -0.1) is 0 Å². The maximum atomic E-state index is 11.7. The summed E-state index contributed by atoms with van der Waals surface area (Å²) in [7, 11) is 0. The van der Waals surface area contributed by atoms with Gasteiger partial charge in [-0.1, -0.05) is 12.1 Å². The Hall–Kier alpha value is -1.35. The fourth-order valence-electron chi connectivity index (χ4n) is 2.10. The predicted molar refractivity (Wildman–Crippen MR) is 80.3 cm³/mol. The summed E-state index contributed by atoms with van der Waals surface area (Å²) in [6.07, 6.45) is 1.22. The lowest BCUT2D eigenvalue weighted by atomic mass is 9.97. The summed E-state index contributed by atoms with van der Waals surface area (Å²) in [4.78, 5) is 11.7. The Morgan fingerprint density at radius 1 is 1.21 bits per heavy atom. The van der Waals surface area contributed by atoms with Crippen molar-refractivity contribution in [3.63, 3.8) is 0 Å². The van der Waals surface area contributed by atoms with Crippen LogP contribution in [0.1, 0.15) is 42.5 Å². The average Bonchev–Trinajstić information content (AvgIpc) is 2.27. The number of carbonyl (C=O) groups excluding carboxylic acids is 1. The van der Waals surface area contributed by atoms with E-state index in [-0.39, 0.29) is 5.91 Å². The zero-order chi connectivity index (χ0) is 14.6. The minimum Gasteiger partial charge on any atom is -0.356 e. The van der Waals surface area contributed by atoms with E-state index in [1.807, 2.05) is 13.8 Å². The molecule has 0 heterocycles. The van der Waals surface area contributed by atoms with Crippen LogP contribution in [0.3, 0.4) is 0 Å². The molecule has 0 bridgehead atoms. The Kier molecular flexibility index (Phi) is 5.12. The molecular formula is C16H26N2O. The van der Waals surface area contributed by atoms with Crippen molar-refractivity contribution >= 4 is 5.91 Å². The Labute approximate surface area is 116 Å². The van der Waals surface area contributed by atoms with E-state index in [4.69, 9.17) is 5.73 Å². The van der Waals surface area contributed by atoms with Crippen LogP contribution in [0.15, 0.2) is 12.1 Å². The van der Waals surface area contributed by atoms with Crippen molar-refractivity contribution in [3.8, 4) is 0 Å². The lowest BCUT2D eigenvalue weighted by Gasteiger charge is -2.18. The number of carbonyl (C=O) groups is 1. The summed E-state index contributed by atoms with van der Waals surface area (Å²) < 4.78 is 0. The maximum Gasteiger partial charge on any atom is 0.221 e. The molecule has 19 heavy (non-hydrogen) atoms. The van der Waals surface area contributed by atoms with Crippen molar-refractivity contribution in [2.24, 2.45) is 5.73 Å². The van der Waals surface area contributed by atoms with Crippen LogP contribution >= 0.6 is 0 Å². The lowest BCUT2D eigenvalue weighted by molar-refractivity contribution is -0.121. The lowest BCUT2D eigenvalue weighted by Crippen LogP contribution is -2.39. The van der Waals surface area contributed by atoms with E-state index in [0.717, 1.165) is 6.42 Å². The fraction of sp³-hybridized carbons (Fsp3) is 0.562. The second kappa shape index (κ2) is 6.20. The molecule has 0 aliphatic heterocycles. The molecule has 0 aliphatic rings. The van der Waals surface area contributed by atoms with Crippen LogP contribution in [0.25, 0.3) is 0 Å². The van der Waals surface area contributed by atoms with Crippen molar-refractivity contribution in [2.45, 2.75) is 53.0 Å². The van der Waals surface area contributed by atoms with Gasteiger partial charge >= 0.3 is 0 Å². The average molecular weight is 262 g/mol. The van der Waals surface area contributed by atoms with Gasteiger partial charge in [-0.2, -0.15) is 0 Å². The van der Waals surface area contributed by atoms with Crippen molar-refractivity contribution in [1.29, 1.82) is 0 Å². The van der Waals surface area contributed by atoms with E-state index >= 15 is 0 Å². The van der Waals surface area contributed by atoms with E-state index in [2.05, 4.69) is 38.2 Å². The quantitative estimate of drug-likeness (QED) is 0.856. The summed E-state index contributed by atoms with van der Waals surface area (Å²) in [5.41, 5.74) is 10.7. The fourth-order valence-corrected chi connectivity index (χ4v) is 2.10. The Balaban J connectivity index is 2.50. The number of nitrogens with two attached hydrogens (primary N) is 1. The second-order valence-electron chi connectivity index (χ2n) is 6.06. The summed E-state index contributed by atoms with van der Waals surface area (Å²) in [5.74, 6) is 0.0222. The Bertz CT molecular complexity index is 459. The van der Waals surface area contributed by atoms with Crippen LogP contribution in [0.2, 0.25) is 0 Å². The minimum absolute atomic E-state index is 0.0222. The predicted octanol–water partition coefficient (Wildman–Crippen LogP) is 2.40. The number of nitrogens with one attached hydrogen (secondary N) is 1. The Morgan fingerprint density at radius 3 is 2.42 bits per heavy atom. The van der Waals surface area contributed by atoms with Crippen LogP contribution in [0.5, 0.6) is 0 Å². The molecule has 3 N–H and O–H groups in total. The zero-order valence-corrected chi connectivity index (χ0v) is 12.8. The highest BCUT2D eigenvalue weighted by molar-refractivity contribution is 5.77. The molecule has 0 aliphatic carbocycles. The van der Waals surface area contributed by atoms with Crippen LogP contribution in [0, 0.1) is 20.8 Å². The molecule has 0 atom stereocenters. The number of aryl methyl sites for hydroxylation is 1. The van der Waals surface area contributed by atoms with E-state index in [9.17, 15) is 4.79 Å². The van der Waals surface area contributed by atoms with E-state index in [1.54, 1.807) is 0 Å². The molecule has 1 aromatic carbocycles. The maximum absolute atomic E-state index is 11.7. The molecule has 0 spiro atoms. The molecule has 3 heteroatoms. The summed E-state index contributed by atoms with van der Waals surface area (Å²) >= 11 is 0. The number of hydrogen-bond acceptors (Lipinski definition) is 2. The van der Waals surface area contributed by atoms with Gasteiger partial charge in [0, 0.05) is 18.5 Å². The van der Waals surface area contributed by atoms with Gasteiger partial charge in [0.15, 0.2) is 0 Å². The van der Waals surface area contributed by atoms with Crippen molar-refractivity contribution in [2.75, 3.05) is 6.54 Å². The van der Waals surface area contributed by atoms with Crippen LogP contribution in [-0.2, 0) is 11.2 Å². The summed E-state index contributed by atoms with van der Waals surface area (Å²) in [6.45, 7) is 10.8. The van der Waals surface area contributed by atoms with Crippen LogP contribution < -0.4 is 11.1 Å². The molecule has 0 unspecified atom stereocenters. The number of benzene rings is 1. The zero-order valence-electron chi connectivity index (χ0n) is 12.8. The van der Waals surface area contributed by atoms with Crippen molar-refractivity contribution in [1.82, 2.24) is 5.32 Å². The van der Waals surface area contributed by atoms with Gasteiger partial charge in [-0.05, 0) is 63.3 Å². The Morgan fingerprint density at radius 2 is 1.84 bits per heavy atom. The SMILES string of the molecule is Cc1ccc(CCNC(=O)CC(C)(C)N)c(C)c1C. The highest BCUT2D eigenvalue weighted by Crippen LogP contribution is 2.17. The normalized spacial score (nSPS) is 11.5. The highest BCUT2D eigenvalue weighted by Gasteiger charge is 2.15. The van der Waals surface area contributed by atoms with Gasteiger partial charge in [0.1, 0.15) is 0 Å². The molecular weight excluding hydrogens is 236 g/mol. The number of hydrogen-bond donors (Lipinski definition) is 2. The topological polar surface area (TPSA) is 55.1 Å². The first-order valence-electron chi connectivity index (χ1n) is 6.82. The van der Waals surface area contributed by atoms with E-state index in [0.29, 0.717) is 13.0 Å². The van der Waals surface area contributed by atoms with Crippen LogP contribution in [-0.4, -0.2) is 18.0 Å². The van der Waals surface area contributed by atoms with Gasteiger partial charge in [0.2, 0.25) is 5.91 Å². The van der Waals surface area contributed by atoms with Crippen molar-refractivity contribution < 1.29 is 4.79 Å². The third kappa shape index (κ3) is 5.03. The molecule has 1 rings (SSSR count). The molecule has 0 radical (unpaired) electrons. The number of rotatable bonds is 5. The molecule has 0 aromatic heterocycles. The highest BCUT2D eigenvalue weighted by atomic mass is 16.1. The largest absolute Gasteiger partial charge is 0.356 e. The first-order chi connectivity index (χ1) is 8.70. The van der Waals surface area contributed by atoms with Crippen molar-refractivity contribution in [3.05, 3.63) is 34.4 Å². The van der Waals surface area contributed by atoms with Gasteiger partial charge in [-0.25, -0.2) is 0 Å². The molecule has 0 saturated carbocycles. The third-order valence-corrected chi connectivity index (χ3v) is 3.50.